The number of amides is 1. The maximum Gasteiger partial charge on any atom is 0.255 e. The van der Waals surface area contributed by atoms with Crippen molar-refractivity contribution in [2.75, 3.05) is 26.2 Å². The second kappa shape index (κ2) is 7.64. The minimum atomic E-state index is -3.79. The monoisotopic (exact) mass is 460 g/mol. The second-order valence-corrected chi connectivity index (χ2v) is 9.04. The number of hydrogen-bond donors (Lipinski definition) is 0. The average Bonchev–Trinajstić information content (AvgIpc) is 2.63. The summed E-state index contributed by atoms with van der Waals surface area (Å²) in [5.74, 6) is -0.858. The standard InChI is InChI=1S/C17H15BrClFN2O3S/c18-12-4-5-16(19)15(10-12)17(23)21-6-8-22(9-7-21)26(24,25)14-3-1-2-13(20)11-14/h1-5,10-11H,6-9H2. The maximum atomic E-state index is 13.3. The summed E-state index contributed by atoms with van der Waals surface area (Å²) < 4.78 is 40.6. The first-order valence-corrected chi connectivity index (χ1v) is 10.4. The molecule has 5 nitrogen and oxygen atoms in total. The van der Waals surface area contributed by atoms with E-state index in [1.807, 2.05) is 0 Å². The summed E-state index contributed by atoms with van der Waals surface area (Å²) in [5, 5.41) is 0.341. The Morgan fingerprint density at radius 3 is 2.42 bits per heavy atom. The van der Waals surface area contributed by atoms with E-state index in [4.69, 9.17) is 11.6 Å². The number of halogens is 3. The van der Waals surface area contributed by atoms with Crippen LogP contribution in [0.4, 0.5) is 4.39 Å². The lowest BCUT2D eigenvalue weighted by Gasteiger charge is -2.34. The second-order valence-electron chi connectivity index (χ2n) is 5.78. The number of nitrogens with zero attached hydrogens (tertiary/aromatic N) is 2. The Hall–Kier alpha value is -1.48. The molecule has 0 radical (unpaired) electrons. The van der Waals surface area contributed by atoms with E-state index in [1.54, 1.807) is 23.1 Å². The van der Waals surface area contributed by atoms with E-state index >= 15 is 0 Å². The van der Waals surface area contributed by atoms with E-state index in [9.17, 15) is 17.6 Å². The van der Waals surface area contributed by atoms with Crippen molar-refractivity contribution in [2.45, 2.75) is 4.90 Å². The van der Waals surface area contributed by atoms with Gasteiger partial charge in [-0.15, -0.1) is 0 Å². The lowest BCUT2D eigenvalue weighted by atomic mass is 10.2. The third kappa shape index (κ3) is 3.93. The summed E-state index contributed by atoms with van der Waals surface area (Å²) >= 11 is 9.40. The highest BCUT2D eigenvalue weighted by atomic mass is 79.9. The Labute approximate surface area is 164 Å². The number of hydrogen-bond acceptors (Lipinski definition) is 3. The van der Waals surface area contributed by atoms with Crippen molar-refractivity contribution >= 4 is 43.5 Å². The molecule has 0 bridgehead atoms. The number of rotatable bonds is 3. The SMILES string of the molecule is O=C(c1cc(Br)ccc1Cl)N1CCN(S(=O)(=O)c2cccc(F)c2)CC1. The van der Waals surface area contributed by atoms with Gasteiger partial charge in [0.25, 0.3) is 5.91 Å². The van der Waals surface area contributed by atoms with Gasteiger partial charge in [-0.1, -0.05) is 33.6 Å². The zero-order valence-electron chi connectivity index (χ0n) is 13.5. The highest BCUT2D eigenvalue weighted by Crippen LogP contribution is 2.24. The van der Waals surface area contributed by atoms with Gasteiger partial charge in [-0.2, -0.15) is 4.31 Å². The Balaban J connectivity index is 1.73. The van der Waals surface area contributed by atoms with Crippen molar-refractivity contribution in [1.29, 1.82) is 0 Å². The van der Waals surface area contributed by atoms with E-state index in [0.29, 0.717) is 10.6 Å². The van der Waals surface area contributed by atoms with Crippen molar-refractivity contribution in [3.8, 4) is 0 Å². The molecule has 1 saturated heterocycles. The molecule has 2 aromatic rings. The van der Waals surface area contributed by atoms with Crippen molar-refractivity contribution < 1.29 is 17.6 Å². The molecular formula is C17H15BrClFN2O3S. The third-order valence-corrected chi connectivity index (χ3v) is 6.84. The molecule has 1 aliphatic rings. The molecule has 0 unspecified atom stereocenters. The van der Waals surface area contributed by atoms with Crippen molar-refractivity contribution in [1.82, 2.24) is 9.21 Å². The van der Waals surface area contributed by atoms with E-state index in [0.717, 1.165) is 10.5 Å². The van der Waals surface area contributed by atoms with Gasteiger partial charge in [0.2, 0.25) is 10.0 Å². The van der Waals surface area contributed by atoms with Crippen molar-refractivity contribution in [3.63, 3.8) is 0 Å². The van der Waals surface area contributed by atoms with Gasteiger partial charge in [-0.25, -0.2) is 12.8 Å². The molecule has 3 rings (SSSR count). The molecule has 0 atom stereocenters. The number of carbonyl (C=O) groups excluding carboxylic acids is 1. The zero-order chi connectivity index (χ0) is 18.9. The summed E-state index contributed by atoms with van der Waals surface area (Å²) in [5.41, 5.74) is 0.363. The average molecular weight is 462 g/mol. The lowest BCUT2D eigenvalue weighted by molar-refractivity contribution is 0.0698. The van der Waals surface area contributed by atoms with E-state index in [2.05, 4.69) is 15.9 Å². The van der Waals surface area contributed by atoms with Crippen LogP contribution >= 0.6 is 27.5 Å². The van der Waals surface area contributed by atoms with Gasteiger partial charge < -0.3 is 4.90 Å². The van der Waals surface area contributed by atoms with E-state index in [-0.39, 0.29) is 37.0 Å². The van der Waals surface area contributed by atoms with Crippen LogP contribution in [0, 0.1) is 5.82 Å². The molecule has 1 fully saturated rings. The van der Waals surface area contributed by atoms with E-state index < -0.39 is 15.8 Å². The zero-order valence-corrected chi connectivity index (χ0v) is 16.7. The fourth-order valence-corrected chi connectivity index (χ4v) is 4.75. The van der Waals surface area contributed by atoms with Gasteiger partial charge in [0.05, 0.1) is 15.5 Å². The molecule has 0 N–H and O–H groups in total. The van der Waals surface area contributed by atoms with Gasteiger partial charge >= 0.3 is 0 Å². The number of sulfonamides is 1. The largest absolute Gasteiger partial charge is 0.336 e. The number of carbonyl (C=O) groups is 1. The van der Waals surface area contributed by atoms with Crippen LogP contribution in [0.25, 0.3) is 0 Å². The first kappa shape index (κ1) is 19.3. The summed E-state index contributed by atoms with van der Waals surface area (Å²) in [7, 11) is -3.79. The quantitative estimate of drug-likeness (QED) is 0.704. The molecule has 2 aromatic carbocycles. The Morgan fingerprint density at radius 1 is 1.08 bits per heavy atom. The summed E-state index contributed by atoms with van der Waals surface area (Å²) in [6.07, 6.45) is 0. The molecule has 1 heterocycles. The molecule has 9 heteroatoms. The molecule has 0 aliphatic carbocycles. The van der Waals surface area contributed by atoms with Crippen LogP contribution in [0.1, 0.15) is 10.4 Å². The third-order valence-electron chi connectivity index (χ3n) is 4.12. The van der Waals surface area contributed by atoms with Gasteiger partial charge in [0, 0.05) is 30.7 Å². The fraction of sp³-hybridized carbons (Fsp3) is 0.235. The Morgan fingerprint density at radius 2 is 1.77 bits per heavy atom. The summed E-state index contributed by atoms with van der Waals surface area (Å²) in [4.78, 5) is 14.1. The molecule has 1 amide bonds. The predicted molar refractivity (Wildman–Crippen MR) is 100 cm³/mol. The summed E-state index contributed by atoms with van der Waals surface area (Å²) in [6.45, 7) is 0.735. The van der Waals surface area contributed by atoms with Gasteiger partial charge in [-0.05, 0) is 36.4 Å². The van der Waals surface area contributed by atoms with Crippen LogP contribution in [0.2, 0.25) is 5.02 Å². The van der Waals surface area contributed by atoms with Crippen LogP contribution in [0.15, 0.2) is 51.8 Å². The van der Waals surface area contributed by atoms with Crippen LogP contribution in [0.5, 0.6) is 0 Å². The van der Waals surface area contributed by atoms with Crippen molar-refractivity contribution in [2.24, 2.45) is 0 Å². The van der Waals surface area contributed by atoms with Crippen molar-refractivity contribution in [3.05, 3.63) is 63.3 Å². The van der Waals surface area contributed by atoms with Gasteiger partial charge in [-0.3, -0.25) is 4.79 Å². The fourth-order valence-electron chi connectivity index (χ4n) is 2.74. The smallest absolute Gasteiger partial charge is 0.255 e. The normalized spacial score (nSPS) is 15.9. The maximum absolute atomic E-state index is 13.3. The highest BCUT2D eigenvalue weighted by Gasteiger charge is 2.31. The van der Waals surface area contributed by atoms with Crippen LogP contribution < -0.4 is 0 Å². The lowest BCUT2D eigenvalue weighted by Crippen LogP contribution is -2.50. The first-order valence-electron chi connectivity index (χ1n) is 7.79. The molecule has 1 aliphatic heterocycles. The molecule has 0 spiro atoms. The Kier molecular flexibility index (Phi) is 5.67. The van der Waals surface area contributed by atoms with Crippen LogP contribution in [-0.4, -0.2) is 49.7 Å². The van der Waals surface area contributed by atoms with Crippen LogP contribution in [0.3, 0.4) is 0 Å². The molecule has 138 valence electrons. The first-order chi connectivity index (χ1) is 12.3. The minimum absolute atomic E-state index is 0.0905. The molecule has 0 saturated carbocycles. The van der Waals surface area contributed by atoms with E-state index in [1.165, 1.54) is 22.5 Å². The summed E-state index contributed by atoms with van der Waals surface area (Å²) in [6, 6.07) is 9.91. The number of piperazine rings is 1. The van der Waals surface area contributed by atoms with Gasteiger partial charge in [0.15, 0.2) is 0 Å². The highest BCUT2D eigenvalue weighted by molar-refractivity contribution is 9.10. The molecular weight excluding hydrogens is 447 g/mol. The minimum Gasteiger partial charge on any atom is -0.336 e. The molecule has 0 aromatic heterocycles. The topological polar surface area (TPSA) is 57.7 Å². The van der Waals surface area contributed by atoms with Crippen LogP contribution in [-0.2, 0) is 10.0 Å². The predicted octanol–water partition coefficient (Wildman–Crippen LogP) is 3.39. The Bertz CT molecular complexity index is 947. The molecule has 26 heavy (non-hydrogen) atoms. The van der Waals surface area contributed by atoms with Gasteiger partial charge in [0.1, 0.15) is 5.82 Å². The number of benzene rings is 2.